The Hall–Kier alpha value is -2.48. The number of carbonyl (C=O) groups is 2. The highest BCUT2D eigenvalue weighted by Crippen LogP contribution is 2.23. The number of hydrogen-bond donors (Lipinski definition) is 0. The highest BCUT2D eigenvalue weighted by atomic mass is 32.2. The Balaban J connectivity index is 1.53. The maximum Gasteiger partial charge on any atom is 0.410 e. The molecule has 0 aliphatic carbocycles. The largest absolute Gasteiger partial charge is 0.444 e. The Morgan fingerprint density at radius 3 is 2.41 bits per heavy atom. The van der Waals surface area contributed by atoms with Gasteiger partial charge in [0.15, 0.2) is 5.16 Å². The molecule has 0 atom stereocenters. The lowest BCUT2D eigenvalue weighted by atomic mass is 10.2. The van der Waals surface area contributed by atoms with Crippen molar-refractivity contribution in [3.63, 3.8) is 0 Å². The molecule has 1 aliphatic heterocycles. The number of aromatic nitrogens is 2. The lowest BCUT2D eigenvalue weighted by Gasteiger charge is -2.35. The molecule has 1 fully saturated rings. The minimum atomic E-state index is -0.514. The van der Waals surface area contributed by atoms with Crippen molar-refractivity contribution in [2.24, 2.45) is 0 Å². The summed E-state index contributed by atoms with van der Waals surface area (Å²) in [6.07, 6.45) is 3.34. The lowest BCUT2D eigenvalue weighted by Crippen LogP contribution is -2.52. The molecule has 0 N–H and O–H groups in total. The van der Waals surface area contributed by atoms with Gasteiger partial charge >= 0.3 is 6.09 Å². The van der Waals surface area contributed by atoms with Crippen LogP contribution in [0.1, 0.15) is 26.3 Å². The molecule has 0 spiro atoms. The normalized spacial score (nSPS) is 14.8. The van der Waals surface area contributed by atoms with Crippen molar-refractivity contribution < 1.29 is 14.3 Å². The van der Waals surface area contributed by atoms with Crippen molar-refractivity contribution in [3.05, 3.63) is 42.2 Å². The van der Waals surface area contributed by atoms with Gasteiger partial charge in [0.05, 0.1) is 11.4 Å². The first kappa shape index (κ1) is 21.2. The van der Waals surface area contributed by atoms with E-state index in [1.807, 2.05) is 49.7 Å². The zero-order valence-electron chi connectivity index (χ0n) is 17.4. The van der Waals surface area contributed by atoms with Crippen LogP contribution >= 0.6 is 11.8 Å². The molecule has 1 aliphatic rings. The smallest absolute Gasteiger partial charge is 0.410 e. The van der Waals surface area contributed by atoms with E-state index in [1.54, 1.807) is 16.0 Å². The van der Waals surface area contributed by atoms with Crippen LogP contribution in [0.25, 0.3) is 5.69 Å². The molecule has 2 aromatic rings. The van der Waals surface area contributed by atoms with Gasteiger partial charge in [-0.1, -0.05) is 30.0 Å². The molecule has 0 radical (unpaired) electrons. The first-order chi connectivity index (χ1) is 13.7. The zero-order chi connectivity index (χ0) is 21.0. The van der Waals surface area contributed by atoms with Crippen LogP contribution in [-0.4, -0.2) is 68.9 Å². The third kappa shape index (κ3) is 5.53. The number of imidazole rings is 1. The van der Waals surface area contributed by atoms with Crippen LogP contribution in [0.4, 0.5) is 4.79 Å². The van der Waals surface area contributed by atoms with Crippen molar-refractivity contribution in [1.29, 1.82) is 0 Å². The van der Waals surface area contributed by atoms with Crippen molar-refractivity contribution >= 4 is 23.8 Å². The number of ether oxygens (including phenoxy) is 1. The molecule has 0 unspecified atom stereocenters. The Morgan fingerprint density at radius 1 is 1.10 bits per heavy atom. The van der Waals surface area contributed by atoms with Crippen molar-refractivity contribution in [1.82, 2.24) is 19.4 Å². The molecule has 29 heavy (non-hydrogen) atoms. The van der Waals surface area contributed by atoms with E-state index < -0.39 is 5.60 Å². The fourth-order valence-electron chi connectivity index (χ4n) is 3.10. The van der Waals surface area contributed by atoms with E-state index >= 15 is 0 Å². The summed E-state index contributed by atoms with van der Waals surface area (Å²) in [5.41, 5.74) is 1.70. The highest BCUT2D eigenvalue weighted by Gasteiger charge is 2.27. The number of rotatable bonds is 4. The summed E-state index contributed by atoms with van der Waals surface area (Å²) in [5.74, 6) is 0.369. The van der Waals surface area contributed by atoms with Gasteiger partial charge in [-0.25, -0.2) is 9.78 Å². The van der Waals surface area contributed by atoms with E-state index in [0.29, 0.717) is 31.9 Å². The predicted molar refractivity (Wildman–Crippen MR) is 113 cm³/mol. The summed E-state index contributed by atoms with van der Waals surface area (Å²) >= 11 is 1.43. The van der Waals surface area contributed by atoms with Gasteiger partial charge in [0, 0.05) is 38.6 Å². The topological polar surface area (TPSA) is 67.7 Å². The van der Waals surface area contributed by atoms with Gasteiger partial charge in [-0.05, 0) is 39.3 Å². The number of carbonyl (C=O) groups excluding carboxylic acids is 2. The second-order valence-corrected chi connectivity index (χ2v) is 8.95. The minimum absolute atomic E-state index is 0.0539. The molecule has 156 valence electrons. The fourth-order valence-corrected chi connectivity index (χ4v) is 3.96. The maximum absolute atomic E-state index is 12.6. The van der Waals surface area contributed by atoms with Gasteiger partial charge in [0.1, 0.15) is 5.60 Å². The molecule has 0 bridgehead atoms. The maximum atomic E-state index is 12.6. The third-order valence-corrected chi connectivity index (χ3v) is 5.54. The number of benzene rings is 1. The number of amides is 2. The average molecular weight is 417 g/mol. The van der Waals surface area contributed by atoms with Gasteiger partial charge in [-0.15, -0.1) is 0 Å². The van der Waals surface area contributed by atoms with E-state index in [4.69, 9.17) is 4.74 Å². The van der Waals surface area contributed by atoms with Crippen LogP contribution in [0, 0.1) is 6.92 Å². The molecule has 3 rings (SSSR count). The Morgan fingerprint density at radius 2 is 1.76 bits per heavy atom. The summed E-state index contributed by atoms with van der Waals surface area (Å²) in [6.45, 7) is 9.62. The summed E-state index contributed by atoms with van der Waals surface area (Å²) in [5, 5.41) is 0.792. The molecule has 7 nitrogen and oxygen atoms in total. The van der Waals surface area contributed by atoms with E-state index in [2.05, 4.69) is 18.0 Å². The Kier molecular flexibility index (Phi) is 6.52. The Labute approximate surface area is 176 Å². The molecule has 2 amide bonds. The van der Waals surface area contributed by atoms with Crippen molar-refractivity contribution in [2.75, 3.05) is 31.9 Å². The number of para-hydroxylation sites is 1. The lowest BCUT2D eigenvalue weighted by molar-refractivity contribution is -0.130. The zero-order valence-corrected chi connectivity index (χ0v) is 18.2. The van der Waals surface area contributed by atoms with Gasteiger partial charge in [0.2, 0.25) is 5.91 Å². The molecule has 1 aromatic carbocycles. The highest BCUT2D eigenvalue weighted by molar-refractivity contribution is 7.99. The Bertz CT molecular complexity index is 867. The van der Waals surface area contributed by atoms with E-state index in [1.165, 1.54) is 11.8 Å². The van der Waals surface area contributed by atoms with Crippen LogP contribution in [0.5, 0.6) is 0 Å². The van der Waals surface area contributed by atoms with E-state index in [9.17, 15) is 9.59 Å². The van der Waals surface area contributed by atoms with E-state index in [-0.39, 0.29) is 12.0 Å². The fraction of sp³-hybridized carbons (Fsp3) is 0.476. The molecule has 1 saturated heterocycles. The first-order valence-corrected chi connectivity index (χ1v) is 10.7. The van der Waals surface area contributed by atoms with Crippen LogP contribution in [0.3, 0.4) is 0 Å². The van der Waals surface area contributed by atoms with Crippen LogP contribution < -0.4 is 0 Å². The van der Waals surface area contributed by atoms with Crippen LogP contribution in [0.15, 0.2) is 41.8 Å². The number of nitrogens with zero attached hydrogens (tertiary/aromatic N) is 4. The van der Waals surface area contributed by atoms with Gasteiger partial charge in [-0.2, -0.15) is 0 Å². The number of aryl methyl sites for hydroxylation is 1. The molecule has 2 heterocycles. The summed E-state index contributed by atoms with van der Waals surface area (Å²) in [6, 6.07) is 8.09. The summed E-state index contributed by atoms with van der Waals surface area (Å²) in [4.78, 5) is 32.7. The predicted octanol–water partition coefficient (Wildman–Crippen LogP) is 3.35. The molecule has 1 aromatic heterocycles. The van der Waals surface area contributed by atoms with Gasteiger partial charge in [-0.3, -0.25) is 9.36 Å². The molecule has 8 heteroatoms. The average Bonchev–Trinajstić information content (AvgIpc) is 3.13. The third-order valence-electron chi connectivity index (χ3n) is 4.59. The first-order valence-electron chi connectivity index (χ1n) is 9.72. The van der Waals surface area contributed by atoms with Gasteiger partial charge in [0.25, 0.3) is 0 Å². The minimum Gasteiger partial charge on any atom is -0.444 e. The molecule has 0 saturated carbocycles. The standard InChI is InChI=1S/C21H28N4O3S/c1-16-7-5-6-8-17(16)25-10-9-22-19(25)29-15-18(26)23-11-13-24(14-12-23)20(27)28-21(2,3)4/h5-10H,11-15H2,1-4H3. The quantitative estimate of drug-likeness (QED) is 0.715. The monoisotopic (exact) mass is 416 g/mol. The number of thioether (sulfide) groups is 1. The molecular formula is C21H28N4O3S. The van der Waals surface area contributed by atoms with Crippen LogP contribution in [-0.2, 0) is 9.53 Å². The van der Waals surface area contributed by atoms with Crippen LogP contribution in [0.2, 0.25) is 0 Å². The summed E-state index contributed by atoms with van der Waals surface area (Å²) in [7, 11) is 0. The van der Waals surface area contributed by atoms with Crippen molar-refractivity contribution in [3.8, 4) is 5.69 Å². The van der Waals surface area contributed by atoms with Crippen molar-refractivity contribution in [2.45, 2.75) is 38.5 Å². The second kappa shape index (κ2) is 8.90. The second-order valence-electron chi connectivity index (χ2n) is 8.00. The number of hydrogen-bond acceptors (Lipinski definition) is 5. The molecular weight excluding hydrogens is 388 g/mol. The summed E-state index contributed by atoms with van der Waals surface area (Å²) < 4.78 is 7.41. The SMILES string of the molecule is Cc1ccccc1-n1ccnc1SCC(=O)N1CCN(C(=O)OC(C)(C)C)CC1. The van der Waals surface area contributed by atoms with E-state index in [0.717, 1.165) is 16.4 Å². The number of piperazine rings is 1. The van der Waals surface area contributed by atoms with Gasteiger partial charge < -0.3 is 14.5 Å².